The first-order valence-corrected chi connectivity index (χ1v) is 9.11. The number of hydrogen-bond donors (Lipinski definition) is 0. The molecule has 1 saturated heterocycles. The predicted molar refractivity (Wildman–Crippen MR) is 101 cm³/mol. The van der Waals surface area contributed by atoms with Crippen LogP contribution in [-0.2, 0) is 4.79 Å². The van der Waals surface area contributed by atoms with E-state index in [1.165, 1.54) is 5.56 Å². The molecule has 6 nitrogen and oxygen atoms in total. The van der Waals surface area contributed by atoms with E-state index in [0.29, 0.717) is 23.0 Å². The van der Waals surface area contributed by atoms with Crippen LogP contribution in [0.5, 0.6) is 5.75 Å². The van der Waals surface area contributed by atoms with Crippen molar-refractivity contribution in [2.75, 3.05) is 19.7 Å². The lowest BCUT2D eigenvalue weighted by molar-refractivity contribution is -0.132. The summed E-state index contributed by atoms with van der Waals surface area (Å²) in [5.41, 5.74) is 2.74. The number of carbonyl (C=O) groups is 1. The minimum Gasteiger partial charge on any atom is -0.483 e. The quantitative estimate of drug-likeness (QED) is 0.691. The maximum Gasteiger partial charge on any atom is 0.262 e. The second-order valence-corrected chi connectivity index (χ2v) is 6.66. The molecule has 1 amide bonds. The molecule has 1 aliphatic heterocycles. The number of nitrogens with zero attached hydrogens (tertiary/aromatic N) is 3. The number of likely N-dealkylation sites (tertiary alicyclic amines) is 1. The van der Waals surface area contributed by atoms with E-state index in [1.807, 2.05) is 60.4 Å². The topological polar surface area (TPSA) is 68.5 Å². The Morgan fingerprint density at radius 2 is 1.85 bits per heavy atom. The van der Waals surface area contributed by atoms with Gasteiger partial charge >= 0.3 is 0 Å². The van der Waals surface area contributed by atoms with Gasteiger partial charge in [-0.15, -0.1) is 0 Å². The van der Waals surface area contributed by atoms with Crippen molar-refractivity contribution in [1.29, 1.82) is 0 Å². The van der Waals surface area contributed by atoms with Crippen molar-refractivity contribution in [1.82, 2.24) is 15.0 Å². The summed E-state index contributed by atoms with van der Waals surface area (Å²) in [7, 11) is 0. The summed E-state index contributed by atoms with van der Waals surface area (Å²) in [6.07, 6.45) is 2.12. The Kier molecular flexibility index (Phi) is 4.87. The molecule has 3 aromatic rings. The summed E-state index contributed by atoms with van der Waals surface area (Å²) in [5.74, 6) is 1.46. The van der Waals surface area contributed by atoms with Gasteiger partial charge in [0, 0.05) is 18.7 Å². The molecule has 0 spiro atoms. The fourth-order valence-electron chi connectivity index (χ4n) is 3.12. The van der Waals surface area contributed by atoms with E-state index in [0.717, 1.165) is 31.5 Å². The number of aromatic nitrogens is 2. The molecular weight excluding hydrogens is 342 g/mol. The molecule has 138 valence electrons. The maximum absolute atomic E-state index is 12.2. The molecule has 4 rings (SSSR count). The van der Waals surface area contributed by atoms with Gasteiger partial charge in [-0.3, -0.25) is 4.79 Å². The second kappa shape index (κ2) is 7.61. The molecular formula is C21H21N3O3. The van der Waals surface area contributed by atoms with E-state index in [9.17, 15) is 4.79 Å². The van der Waals surface area contributed by atoms with Gasteiger partial charge in [0.2, 0.25) is 5.82 Å². The van der Waals surface area contributed by atoms with Crippen LogP contribution in [0.1, 0.15) is 18.4 Å². The summed E-state index contributed by atoms with van der Waals surface area (Å²) < 4.78 is 11.2. The van der Waals surface area contributed by atoms with Crippen molar-refractivity contribution in [3.8, 4) is 28.6 Å². The van der Waals surface area contributed by atoms with Crippen LogP contribution in [0.25, 0.3) is 22.8 Å². The zero-order chi connectivity index (χ0) is 18.6. The minimum atomic E-state index is 0.00757. The van der Waals surface area contributed by atoms with E-state index < -0.39 is 0 Å². The standard InChI is InChI=1S/C21H21N3O3/c1-15-8-10-16(11-9-15)20-22-21(27-23-20)17-6-2-3-7-18(17)26-14-19(25)24-12-4-5-13-24/h2-3,6-11H,4-5,12-14H2,1H3. The van der Waals surface area contributed by atoms with E-state index >= 15 is 0 Å². The number of benzene rings is 2. The fraction of sp³-hybridized carbons (Fsp3) is 0.286. The third-order valence-electron chi connectivity index (χ3n) is 4.66. The molecule has 0 atom stereocenters. The van der Waals surface area contributed by atoms with E-state index in [1.54, 1.807) is 0 Å². The van der Waals surface area contributed by atoms with Gasteiger partial charge in [-0.25, -0.2) is 0 Å². The van der Waals surface area contributed by atoms with Crippen LogP contribution >= 0.6 is 0 Å². The number of carbonyl (C=O) groups excluding carboxylic acids is 1. The SMILES string of the molecule is Cc1ccc(-c2noc(-c3ccccc3OCC(=O)N3CCCC3)n2)cc1. The summed E-state index contributed by atoms with van der Waals surface area (Å²) in [6, 6.07) is 15.3. The monoisotopic (exact) mass is 363 g/mol. The largest absolute Gasteiger partial charge is 0.483 e. The predicted octanol–water partition coefficient (Wildman–Crippen LogP) is 3.71. The number of amides is 1. The van der Waals surface area contributed by atoms with Gasteiger partial charge in [0.25, 0.3) is 11.8 Å². The number of hydrogen-bond acceptors (Lipinski definition) is 5. The Labute approximate surface area is 157 Å². The first-order chi connectivity index (χ1) is 13.2. The molecule has 2 heterocycles. The van der Waals surface area contributed by atoms with Crippen LogP contribution in [0, 0.1) is 6.92 Å². The molecule has 1 aliphatic rings. The van der Waals surface area contributed by atoms with Gasteiger partial charge < -0.3 is 14.2 Å². The van der Waals surface area contributed by atoms with Crippen molar-refractivity contribution in [2.24, 2.45) is 0 Å². The number of rotatable bonds is 5. The Hall–Kier alpha value is -3.15. The van der Waals surface area contributed by atoms with Crippen LogP contribution in [0.15, 0.2) is 53.1 Å². The van der Waals surface area contributed by atoms with Crippen molar-refractivity contribution in [3.05, 3.63) is 54.1 Å². The summed E-state index contributed by atoms with van der Waals surface area (Å²) in [6.45, 7) is 3.67. The lowest BCUT2D eigenvalue weighted by atomic mass is 10.1. The third kappa shape index (κ3) is 3.84. The summed E-state index contributed by atoms with van der Waals surface area (Å²) in [5, 5.41) is 4.08. The van der Waals surface area contributed by atoms with Gasteiger partial charge in [-0.2, -0.15) is 4.98 Å². The Morgan fingerprint density at radius 3 is 2.63 bits per heavy atom. The molecule has 1 fully saturated rings. The summed E-state index contributed by atoms with van der Waals surface area (Å²) >= 11 is 0. The van der Waals surface area contributed by atoms with Crippen molar-refractivity contribution < 1.29 is 14.1 Å². The van der Waals surface area contributed by atoms with Gasteiger partial charge in [0.1, 0.15) is 5.75 Å². The number of para-hydroxylation sites is 1. The van der Waals surface area contributed by atoms with Crippen LogP contribution in [0.4, 0.5) is 0 Å². The normalized spacial score (nSPS) is 13.7. The highest BCUT2D eigenvalue weighted by atomic mass is 16.5. The lowest BCUT2D eigenvalue weighted by Crippen LogP contribution is -2.32. The molecule has 1 aromatic heterocycles. The molecule has 0 saturated carbocycles. The molecule has 2 aromatic carbocycles. The molecule has 0 radical (unpaired) electrons. The van der Waals surface area contributed by atoms with Gasteiger partial charge in [-0.05, 0) is 31.9 Å². The average molecular weight is 363 g/mol. The van der Waals surface area contributed by atoms with Crippen LogP contribution in [0.2, 0.25) is 0 Å². The molecule has 6 heteroatoms. The number of ether oxygens (including phenoxy) is 1. The van der Waals surface area contributed by atoms with E-state index in [2.05, 4.69) is 10.1 Å². The van der Waals surface area contributed by atoms with Crippen LogP contribution in [0.3, 0.4) is 0 Å². The maximum atomic E-state index is 12.2. The minimum absolute atomic E-state index is 0.00757. The third-order valence-corrected chi connectivity index (χ3v) is 4.66. The van der Waals surface area contributed by atoms with Gasteiger partial charge in [0.05, 0.1) is 5.56 Å². The highest BCUT2D eigenvalue weighted by Crippen LogP contribution is 2.30. The van der Waals surface area contributed by atoms with Crippen LogP contribution in [-0.4, -0.2) is 40.6 Å². The first-order valence-electron chi connectivity index (χ1n) is 9.11. The first kappa shape index (κ1) is 17.3. The molecule has 0 N–H and O–H groups in total. The van der Waals surface area contributed by atoms with Crippen molar-refractivity contribution in [2.45, 2.75) is 19.8 Å². The zero-order valence-electron chi connectivity index (χ0n) is 15.2. The molecule has 0 unspecified atom stereocenters. The van der Waals surface area contributed by atoms with E-state index in [-0.39, 0.29) is 12.5 Å². The van der Waals surface area contributed by atoms with Gasteiger partial charge in [0.15, 0.2) is 6.61 Å². The Morgan fingerprint density at radius 1 is 1.11 bits per heavy atom. The lowest BCUT2D eigenvalue weighted by Gasteiger charge is -2.16. The molecule has 0 bridgehead atoms. The smallest absolute Gasteiger partial charge is 0.262 e. The molecule has 27 heavy (non-hydrogen) atoms. The van der Waals surface area contributed by atoms with Gasteiger partial charge in [-0.1, -0.05) is 47.1 Å². The Bertz CT molecular complexity index is 928. The zero-order valence-corrected chi connectivity index (χ0v) is 15.2. The second-order valence-electron chi connectivity index (χ2n) is 6.66. The Balaban J connectivity index is 1.52. The summed E-state index contributed by atoms with van der Waals surface area (Å²) in [4.78, 5) is 18.6. The highest BCUT2D eigenvalue weighted by Gasteiger charge is 2.20. The van der Waals surface area contributed by atoms with Crippen molar-refractivity contribution in [3.63, 3.8) is 0 Å². The average Bonchev–Trinajstić information content (AvgIpc) is 3.39. The van der Waals surface area contributed by atoms with E-state index in [4.69, 9.17) is 9.26 Å². The van der Waals surface area contributed by atoms with Crippen LogP contribution < -0.4 is 4.74 Å². The number of aryl methyl sites for hydroxylation is 1. The highest BCUT2D eigenvalue weighted by molar-refractivity contribution is 5.78. The fourth-order valence-corrected chi connectivity index (χ4v) is 3.12. The molecule has 0 aliphatic carbocycles. The van der Waals surface area contributed by atoms with Crippen molar-refractivity contribution >= 4 is 5.91 Å².